The number of hydrazine groups is 1. The lowest BCUT2D eigenvalue weighted by Gasteiger charge is -2.19. The van der Waals surface area contributed by atoms with E-state index in [4.69, 9.17) is 9.47 Å². The minimum atomic E-state index is -0.308. The minimum absolute atomic E-state index is 0.308. The SMILES string of the molecule is C=C(NNC(=O)c1cncc(Br)c1)c1ccc2c(c1)OCCO2. The molecule has 0 radical (unpaired) electrons. The van der Waals surface area contributed by atoms with Crippen LogP contribution in [-0.4, -0.2) is 24.1 Å². The number of nitrogens with zero attached hydrogens (tertiary/aromatic N) is 1. The maximum Gasteiger partial charge on any atom is 0.271 e. The fourth-order valence-corrected chi connectivity index (χ4v) is 2.41. The van der Waals surface area contributed by atoms with Crippen molar-refractivity contribution in [2.45, 2.75) is 0 Å². The summed E-state index contributed by atoms with van der Waals surface area (Å²) in [7, 11) is 0. The Morgan fingerprint density at radius 1 is 1.09 bits per heavy atom. The van der Waals surface area contributed by atoms with Gasteiger partial charge in [-0.1, -0.05) is 6.58 Å². The molecule has 6 nitrogen and oxygen atoms in total. The Bertz CT molecular complexity index is 764. The van der Waals surface area contributed by atoms with Gasteiger partial charge >= 0.3 is 0 Å². The van der Waals surface area contributed by atoms with E-state index in [0.717, 1.165) is 10.0 Å². The Kier molecular flexibility index (Phi) is 4.47. The fourth-order valence-electron chi connectivity index (χ4n) is 2.04. The summed E-state index contributed by atoms with van der Waals surface area (Å²) < 4.78 is 11.7. The Morgan fingerprint density at radius 2 is 1.87 bits per heavy atom. The standard InChI is InChI=1S/C16H14BrN3O3/c1-10(11-2-3-14-15(7-11)23-5-4-22-14)19-20-16(21)12-6-13(17)9-18-8-12/h2-3,6-9,19H,1,4-5H2,(H,20,21). The van der Waals surface area contributed by atoms with Crippen LogP contribution in [-0.2, 0) is 0 Å². The third-order valence-electron chi connectivity index (χ3n) is 3.18. The molecule has 2 aromatic rings. The number of ether oxygens (including phenoxy) is 2. The molecule has 3 rings (SSSR count). The Balaban J connectivity index is 1.64. The molecule has 1 amide bonds. The number of fused-ring (bicyclic) bond motifs is 1. The molecule has 0 aliphatic carbocycles. The third-order valence-corrected chi connectivity index (χ3v) is 3.62. The third kappa shape index (κ3) is 3.62. The maximum absolute atomic E-state index is 12.0. The Morgan fingerprint density at radius 3 is 2.65 bits per heavy atom. The first-order valence-electron chi connectivity index (χ1n) is 6.89. The summed E-state index contributed by atoms with van der Waals surface area (Å²) in [5, 5.41) is 0. The normalized spacial score (nSPS) is 12.4. The molecular formula is C16H14BrN3O3. The number of rotatable bonds is 4. The van der Waals surface area contributed by atoms with E-state index in [1.165, 1.54) is 6.20 Å². The van der Waals surface area contributed by atoms with Crippen molar-refractivity contribution < 1.29 is 14.3 Å². The van der Waals surface area contributed by atoms with Crippen molar-refractivity contribution in [3.63, 3.8) is 0 Å². The molecule has 7 heteroatoms. The molecule has 23 heavy (non-hydrogen) atoms. The van der Waals surface area contributed by atoms with Crippen LogP contribution in [0.5, 0.6) is 11.5 Å². The number of hydrogen-bond donors (Lipinski definition) is 2. The van der Waals surface area contributed by atoms with Crippen molar-refractivity contribution in [2.24, 2.45) is 0 Å². The average molecular weight is 376 g/mol. The first-order chi connectivity index (χ1) is 11.1. The van der Waals surface area contributed by atoms with E-state index in [-0.39, 0.29) is 5.91 Å². The lowest BCUT2D eigenvalue weighted by atomic mass is 10.1. The van der Waals surface area contributed by atoms with Crippen LogP contribution in [0.3, 0.4) is 0 Å². The fraction of sp³-hybridized carbons (Fsp3) is 0.125. The molecule has 0 spiro atoms. The van der Waals surface area contributed by atoms with Crippen molar-refractivity contribution in [2.75, 3.05) is 13.2 Å². The van der Waals surface area contributed by atoms with Crippen molar-refractivity contribution in [3.05, 3.63) is 58.8 Å². The van der Waals surface area contributed by atoms with Gasteiger partial charge in [0.1, 0.15) is 13.2 Å². The van der Waals surface area contributed by atoms with Crippen LogP contribution in [0.15, 0.2) is 47.7 Å². The largest absolute Gasteiger partial charge is 0.486 e. The maximum atomic E-state index is 12.0. The summed E-state index contributed by atoms with van der Waals surface area (Å²) in [5.74, 6) is 1.06. The summed E-state index contributed by atoms with van der Waals surface area (Å²) in [6.07, 6.45) is 3.09. The second-order valence-corrected chi connectivity index (χ2v) is 5.72. The number of aromatic nitrogens is 1. The van der Waals surface area contributed by atoms with Gasteiger partial charge in [-0.2, -0.15) is 0 Å². The van der Waals surface area contributed by atoms with Crippen LogP contribution in [0.2, 0.25) is 0 Å². The van der Waals surface area contributed by atoms with Gasteiger partial charge in [0.15, 0.2) is 11.5 Å². The van der Waals surface area contributed by atoms with Crippen LogP contribution in [0, 0.1) is 0 Å². The van der Waals surface area contributed by atoms with Gasteiger partial charge in [0.25, 0.3) is 5.91 Å². The van der Waals surface area contributed by atoms with E-state index in [1.807, 2.05) is 18.2 Å². The smallest absolute Gasteiger partial charge is 0.271 e. The number of carbonyl (C=O) groups excluding carboxylic acids is 1. The molecule has 1 aliphatic rings. The highest BCUT2D eigenvalue weighted by Crippen LogP contribution is 2.32. The predicted molar refractivity (Wildman–Crippen MR) is 89.0 cm³/mol. The molecule has 0 atom stereocenters. The summed E-state index contributed by atoms with van der Waals surface area (Å²) in [6.45, 7) is 4.97. The highest BCUT2D eigenvalue weighted by Gasteiger charge is 2.13. The van der Waals surface area contributed by atoms with Crippen LogP contribution in [0.25, 0.3) is 5.70 Å². The molecule has 0 bridgehead atoms. The zero-order valence-electron chi connectivity index (χ0n) is 12.1. The average Bonchev–Trinajstić information content (AvgIpc) is 2.59. The van der Waals surface area contributed by atoms with Gasteiger partial charge in [0.05, 0.1) is 11.3 Å². The molecule has 1 aliphatic heterocycles. The van der Waals surface area contributed by atoms with E-state index in [0.29, 0.717) is 36.0 Å². The highest BCUT2D eigenvalue weighted by molar-refractivity contribution is 9.10. The zero-order chi connectivity index (χ0) is 16.2. The topological polar surface area (TPSA) is 72.5 Å². The summed E-state index contributed by atoms with van der Waals surface area (Å²) in [6, 6.07) is 7.15. The summed E-state index contributed by atoms with van der Waals surface area (Å²) >= 11 is 3.28. The number of carbonyl (C=O) groups is 1. The minimum Gasteiger partial charge on any atom is -0.486 e. The molecule has 0 fully saturated rings. The molecule has 2 heterocycles. The number of amides is 1. The zero-order valence-corrected chi connectivity index (χ0v) is 13.7. The van der Waals surface area contributed by atoms with Gasteiger partial charge in [-0.05, 0) is 40.2 Å². The quantitative estimate of drug-likeness (QED) is 0.803. The predicted octanol–water partition coefficient (Wildman–Crippen LogP) is 2.52. The molecular weight excluding hydrogens is 362 g/mol. The van der Waals surface area contributed by atoms with E-state index in [1.54, 1.807) is 12.3 Å². The lowest BCUT2D eigenvalue weighted by molar-refractivity contribution is 0.0942. The summed E-state index contributed by atoms with van der Waals surface area (Å²) in [5.41, 5.74) is 7.14. The van der Waals surface area contributed by atoms with Gasteiger partial charge in [0.2, 0.25) is 0 Å². The number of nitrogens with one attached hydrogen (secondary N) is 2. The van der Waals surface area contributed by atoms with Crippen molar-refractivity contribution in [3.8, 4) is 11.5 Å². The van der Waals surface area contributed by atoms with Gasteiger partial charge in [-0.3, -0.25) is 20.6 Å². The molecule has 1 aromatic heterocycles. The van der Waals surface area contributed by atoms with E-state index in [9.17, 15) is 4.79 Å². The number of hydrogen-bond acceptors (Lipinski definition) is 5. The van der Waals surface area contributed by atoms with Crippen LogP contribution in [0.4, 0.5) is 0 Å². The first kappa shape index (κ1) is 15.4. The summed E-state index contributed by atoms with van der Waals surface area (Å²) in [4.78, 5) is 16.0. The Labute approximate surface area is 141 Å². The lowest BCUT2D eigenvalue weighted by Crippen LogP contribution is -2.35. The van der Waals surface area contributed by atoms with E-state index in [2.05, 4.69) is 38.3 Å². The second-order valence-electron chi connectivity index (χ2n) is 4.81. The van der Waals surface area contributed by atoms with Gasteiger partial charge in [-0.25, -0.2) is 0 Å². The van der Waals surface area contributed by atoms with Gasteiger partial charge in [0, 0.05) is 22.4 Å². The van der Waals surface area contributed by atoms with E-state index < -0.39 is 0 Å². The molecule has 0 saturated heterocycles. The monoisotopic (exact) mass is 375 g/mol. The number of benzene rings is 1. The molecule has 118 valence electrons. The number of halogens is 1. The molecule has 0 unspecified atom stereocenters. The second kappa shape index (κ2) is 6.70. The molecule has 2 N–H and O–H groups in total. The van der Waals surface area contributed by atoms with Gasteiger partial charge in [-0.15, -0.1) is 0 Å². The van der Waals surface area contributed by atoms with E-state index >= 15 is 0 Å². The molecule has 0 saturated carbocycles. The van der Waals surface area contributed by atoms with Crippen molar-refractivity contribution >= 4 is 27.5 Å². The van der Waals surface area contributed by atoms with Crippen LogP contribution in [0.1, 0.15) is 15.9 Å². The van der Waals surface area contributed by atoms with Crippen molar-refractivity contribution in [1.82, 2.24) is 15.8 Å². The highest BCUT2D eigenvalue weighted by atomic mass is 79.9. The number of pyridine rings is 1. The van der Waals surface area contributed by atoms with Crippen molar-refractivity contribution in [1.29, 1.82) is 0 Å². The van der Waals surface area contributed by atoms with Crippen LogP contribution < -0.4 is 20.3 Å². The first-order valence-corrected chi connectivity index (χ1v) is 7.68. The van der Waals surface area contributed by atoms with Crippen LogP contribution >= 0.6 is 15.9 Å². The molecule has 1 aromatic carbocycles. The Hall–Kier alpha value is -2.54. The van der Waals surface area contributed by atoms with Gasteiger partial charge < -0.3 is 9.47 Å².